The number of rotatable bonds is 5. The maximum Gasteiger partial charge on any atom is 0.338 e. The van der Waals surface area contributed by atoms with Crippen molar-refractivity contribution in [2.45, 2.75) is 32.9 Å². The van der Waals surface area contributed by atoms with Crippen LogP contribution in [0.2, 0.25) is 0 Å². The van der Waals surface area contributed by atoms with Gasteiger partial charge < -0.3 is 14.6 Å². The van der Waals surface area contributed by atoms with Crippen molar-refractivity contribution in [2.75, 3.05) is 7.11 Å². The molecule has 10 heteroatoms. The molecule has 35 heavy (non-hydrogen) atoms. The van der Waals surface area contributed by atoms with Crippen molar-refractivity contribution in [1.29, 1.82) is 0 Å². The highest BCUT2D eigenvalue weighted by molar-refractivity contribution is 9.10. The van der Waals surface area contributed by atoms with E-state index in [-0.39, 0.29) is 23.0 Å². The molecule has 0 saturated heterocycles. The predicted octanol–water partition coefficient (Wildman–Crippen LogP) is 4.43. The molecule has 1 aliphatic heterocycles. The number of hydrogen-bond acceptors (Lipinski definition) is 7. The lowest BCUT2D eigenvalue weighted by Crippen LogP contribution is -2.40. The molecule has 0 aliphatic carbocycles. The molecular weight excluding hydrogens is 600 g/mol. The van der Waals surface area contributed by atoms with Gasteiger partial charge in [-0.3, -0.25) is 9.36 Å². The van der Waals surface area contributed by atoms with Crippen LogP contribution in [0.5, 0.6) is 11.5 Å². The molecule has 0 fully saturated rings. The molecule has 0 saturated carbocycles. The Bertz CT molecular complexity index is 1540. The van der Waals surface area contributed by atoms with Gasteiger partial charge in [0.25, 0.3) is 5.56 Å². The molecule has 0 amide bonds. The van der Waals surface area contributed by atoms with Gasteiger partial charge in [-0.2, -0.15) is 0 Å². The van der Waals surface area contributed by atoms with Crippen LogP contribution in [0, 0.1) is 0 Å². The van der Waals surface area contributed by atoms with Crippen LogP contribution in [0.4, 0.5) is 0 Å². The average Bonchev–Trinajstić information content (AvgIpc) is 3.09. The average molecular weight is 622 g/mol. The van der Waals surface area contributed by atoms with E-state index in [4.69, 9.17) is 9.47 Å². The maximum absolute atomic E-state index is 13.7. The van der Waals surface area contributed by atoms with Gasteiger partial charge in [0, 0.05) is 20.1 Å². The highest BCUT2D eigenvalue weighted by Crippen LogP contribution is 2.37. The molecule has 2 aromatic carbocycles. The molecule has 0 spiro atoms. The van der Waals surface area contributed by atoms with E-state index in [9.17, 15) is 14.7 Å². The molecule has 1 aliphatic rings. The Morgan fingerprint density at radius 3 is 2.57 bits per heavy atom. The van der Waals surface area contributed by atoms with Gasteiger partial charge in [0.15, 0.2) is 4.80 Å². The summed E-state index contributed by atoms with van der Waals surface area (Å²) in [6.45, 7) is 5.26. The first-order valence-corrected chi connectivity index (χ1v) is 13.1. The number of halogens is 2. The fraction of sp³-hybridized carbons (Fsp3) is 0.240. The van der Waals surface area contributed by atoms with Crippen LogP contribution in [0.3, 0.4) is 0 Å². The Morgan fingerprint density at radius 2 is 1.89 bits per heavy atom. The maximum atomic E-state index is 13.7. The van der Waals surface area contributed by atoms with Gasteiger partial charge in [0.1, 0.15) is 17.5 Å². The summed E-state index contributed by atoms with van der Waals surface area (Å²) in [4.78, 5) is 32.0. The Balaban J connectivity index is 2.02. The van der Waals surface area contributed by atoms with Crippen LogP contribution in [0.1, 0.15) is 37.9 Å². The largest absolute Gasteiger partial charge is 0.507 e. The number of esters is 1. The van der Waals surface area contributed by atoms with Gasteiger partial charge in [0.2, 0.25) is 0 Å². The number of carbonyl (C=O) groups excluding carboxylic acids is 1. The van der Waals surface area contributed by atoms with E-state index in [2.05, 4.69) is 36.9 Å². The second-order valence-electron chi connectivity index (χ2n) is 8.13. The second-order valence-corrected chi connectivity index (χ2v) is 11.0. The molecule has 0 unspecified atom stereocenters. The summed E-state index contributed by atoms with van der Waals surface area (Å²) in [6, 6.07) is 9.58. The zero-order valence-electron chi connectivity index (χ0n) is 19.3. The number of aromatic hydroxyl groups is 1. The Kier molecular flexibility index (Phi) is 7.35. The normalized spacial score (nSPS) is 15.7. The van der Waals surface area contributed by atoms with Crippen molar-refractivity contribution in [3.63, 3.8) is 0 Å². The predicted molar refractivity (Wildman–Crippen MR) is 141 cm³/mol. The molecule has 1 atom stereocenters. The Morgan fingerprint density at radius 1 is 1.20 bits per heavy atom. The summed E-state index contributed by atoms with van der Waals surface area (Å²) in [5.74, 6) is 0.00998. The molecule has 182 valence electrons. The number of aromatic nitrogens is 1. The number of thiazole rings is 1. The molecular formula is C25H22Br2N2O5S. The topological polar surface area (TPSA) is 90.1 Å². The molecule has 7 nitrogen and oxygen atoms in total. The van der Waals surface area contributed by atoms with Gasteiger partial charge in [-0.1, -0.05) is 43.2 Å². The van der Waals surface area contributed by atoms with E-state index < -0.39 is 12.0 Å². The zero-order valence-corrected chi connectivity index (χ0v) is 23.3. The van der Waals surface area contributed by atoms with Gasteiger partial charge in [-0.05, 0) is 63.2 Å². The van der Waals surface area contributed by atoms with Crippen LogP contribution in [0.25, 0.3) is 6.08 Å². The highest BCUT2D eigenvalue weighted by Gasteiger charge is 2.35. The fourth-order valence-electron chi connectivity index (χ4n) is 3.86. The lowest BCUT2D eigenvalue weighted by Gasteiger charge is -2.26. The third-order valence-electron chi connectivity index (χ3n) is 5.35. The molecule has 3 aromatic rings. The van der Waals surface area contributed by atoms with Crippen LogP contribution >= 0.6 is 43.2 Å². The summed E-state index contributed by atoms with van der Waals surface area (Å²) in [5.41, 5.74) is 1.48. The lowest BCUT2D eigenvalue weighted by molar-refractivity contribution is -0.143. The SMILES string of the molecule is COc1ccc(Br)cc1[C@H]1C(C(=O)OC(C)C)=C(C)N=c2s/c(=C\c3cc(Br)ccc3O)c(=O)n21. The Labute approximate surface area is 222 Å². The molecule has 2 heterocycles. The third kappa shape index (κ3) is 5.00. The van der Waals surface area contributed by atoms with Crippen molar-refractivity contribution in [3.05, 3.63) is 87.4 Å². The van der Waals surface area contributed by atoms with E-state index in [0.717, 1.165) is 8.95 Å². The molecule has 0 radical (unpaired) electrons. The van der Waals surface area contributed by atoms with Crippen molar-refractivity contribution < 1.29 is 19.4 Å². The van der Waals surface area contributed by atoms with Gasteiger partial charge in [0.05, 0.1) is 29.0 Å². The van der Waals surface area contributed by atoms with Gasteiger partial charge in [-0.15, -0.1) is 0 Å². The van der Waals surface area contributed by atoms with Crippen molar-refractivity contribution in [2.24, 2.45) is 4.99 Å². The third-order valence-corrected chi connectivity index (χ3v) is 7.32. The van der Waals surface area contributed by atoms with Gasteiger partial charge >= 0.3 is 5.97 Å². The van der Waals surface area contributed by atoms with Crippen molar-refractivity contribution in [1.82, 2.24) is 4.57 Å². The number of phenols is 1. The minimum absolute atomic E-state index is 0.0432. The molecule has 4 rings (SSSR count). The van der Waals surface area contributed by atoms with Crippen molar-refractivity contribution in [3.8, 4) is 11.5 Å². The summed E-state index contributed by atoms with van der Waals surface area (Å²) in [7, 11) is 1.54. The fourth-order valence-corrected chi connectivity index (χ4v) is 5.65. The zero-order chi connectivity index (χ0) is 25.4. The molecule has 1 N–H and O–H groups in total. The summed E-state index contributed by atoms with van der Waals surface area (Å²) >= 11 is 8.07. The minimum Gasteiger partial charge on any atom is -0.507 e. The van der Waals surface area contributed by atoms with E-state index in [1.807, 2.05) is 12.1 Å². The van der Waals surface area contributed by atoms with E-state index in [0.29, 0.717) is 31.9 Å². The van der Waals surface area contributed by atoms with Crippen LogP contribution in [-0.2, 0) is 9.53 Å². The highest BCUT2D eigenvalue weighted by atomic mass is 79.9. The summed E-state index contributed by atoms with van der Waals surface area (Å²) in [6.07, 6.45) is 1.27. The number of hydrogen-bond donors (Lipinski definition) is 1. The molecule has 1 aromatic heterocycles. The number of carbonyl (C=O) groups is 1. The summed E-state index contributed by atoms with van der Waals surface area (Å²) in [5, 5.41) is 10.3. The standard InChI is InChI=1S/C25H22Br2N2O5S/c1-12(2)34-24(32)21-13(3)28-25-29(22(21)17-11-16(27)6-8-19(17)33-4)23(31)20(35-25)10-14-9-15(26)5-7-18(14)30/h5-12,22,30H,1-4H3/b20-10-/t22-/m0/s1. The van der Waals surface area contributed by atoms with Crippen LogP contribution in [-0.4, -0.2) is 28.9 Å². The molecule has 0 bridgehead atoms. The number of benzene rings is 2. The van der Waals surface area contributed by atoms with E-state index in [1.54, 1.807) is 51.1 Å². The summed E-state index contributed by atoms with van der Waals surface area (Å²) < 4.78 is 14.5. The number of allylic oxidation sites excluding steroid dienone is 1. The van der Waals surface area contributed by atoms with Crippen LogP contribution in [0.15, 0.2) is 66.4 Å². The number of ether oxygens (including phenoxy) is 2. The van der Waals surface area contributed by atoms with Crippen molar-refractivity contribution >= 4 is 55.2 Å². The van der Waals surface area contributed by atoms with Gasteiger partial charge in [-0.25, -0.2) is 9.79 Å². The van der Waals surface area contributed by atoms with E-state index >= 15 is 0 Å². The number of methoxy groups -OCH3 is 1. The van der Waals surface area contributed by atoms with E-state index in [1.165, 1.54) is 23.0 Å². The first-order valence-electron chi connectivity index (χ1n) is 10.7. The number of nitrogens with zero attached hydrogens (tertiary/aromatic N) is 2. The first kappa shape index (κ1) is 25.4. The van der Waals surface area contributed by atoms with Crippen LogP contribution < -0.4 is 19.6 Å². The Hall–Kier alpha value is -2.69. The quantitative estimate of drug-likeness (QED) is 0.426. The second kappa shape index (κ2) is 10.1. The number of fused-ring (bicyclic) bond motifs is 1. The monoisotopic (exact) mass is 620 g/mol. The minimum atomic E-state index is -0.816. The number of phenolic OH excluding ortho intramolecular Hbond substituents is 1. The lowest BCUT2D eigenvalue weighted by atomic mass is 9.95. The first-order chi connectivity index (χ1) is 16.6. The smallest absolute Gasteiger partial charge is 0.338 e.